The molecule has 0 spiro atoms. The van der Waals surface area contributed by atoms with E-state index in [0.29, 0.717) is 13.1 Å². The molecule has 0 bridgehead atoms. The van der Waals surface area contributed by atoms with Crippen LogP contribution in [0.2, 0.25) is 0 Å². The molecule has 1 aliphatic heterocycles. The maximum Gasteiger partial charge on any atom is 0.234 e. The summed E-state index contributed by atoms with van der Waals surface area (Å²) in [5.74, 6) is 0.284. The number of ether oxygens (including phenoxy) is 1. The van der Waals surface area contributed by atoms with Crippen molar-refractivity contribution in [2.45, 2.75) is 45.4 Å². The number of benzene rings is 1. The predicted molar refractivity (Wildman–Crippen MR) is 96.1 cm³/mol. The quantitative estimate of drug-likeness (QED) is 0.824. The fraction of sp³-hybridized carbons (Fsp3) is 0.579. The van der Waals surface area contributed by atoms with E-state index in [-0.39, 0.29) is 29.9 Å². The zero-order chi connectivity index (χ0) is 17.8. The Morgan fingerprint density at radius 1 is 1.20 bits per heavy atom. The average molecular weight is 345 g/mol. The molecule has 25 heavy (non-hydrogen) atoms. The van der Waals surface area contributed by atoms with Crippen LogP contribution in [0.3, 0.4) is 0 Å². The summed E-state index contributed by atoms with van der Waals surface area (Å²) in [7, 11) is 0. The lowest BCUT2D eigenvalue weighted by Crippen LogP contribution is -2.49. The van der Waals surface area contributed by atoms with Gasteiger partial charge in [-0.3, -0.25) is 14.5 Å². The molecule has 0 unspecified atom stereocenters. The van der Waals surface area contributed by atoms with Crippen molar-refractivity contribution in [3.05, 3.63) is 29.8 Å². The van der Waals surface area contributed by atoms with Crippen molar-refractivity contribution in [2.24, 2.45) is 5.92 Å². The lowest BCUT2D eigenvalue weighted by molar-refractivity contribution is -0.126. The van der Waals surface area contributed by atoms with E-state index >= 15 is 0 Å². The van der Waals surface area contributed by atoms with Crippen molar-refractivity contribution >= 4 is 17.5 Å². The largest absolute Gasteiger partial charge is 0.373 e. The third-order valence-electron chi connectivity index (χ3n) is 4.49. The molecular weight excluding hydrogens is 318 g/mol. The molecule has 1 aromatic rings. The second kappa shape index (κ2) is 7.97. The Labute approximate surface area is 148 Å². The molecule has 1 heterocycles. The van der Waals surface area contributed by atoms with Gasteiger partial charge in [-0.15, -0.1) is 0 Å². The first-order chi connectivity index (χ1) is 12.0. The molecule has 2 atom stereocenters. The number of hydrogen-bond acceptors (Lipinski definition) is 4. The smallest absolute Gasteiger partial charge is 0.234 e. The monoisotopic (exact) mass is 345 g/mol. The van der Waals surface area contributed by atoms with Crippen LogP contribution in [0.5, 0.6) is 0 Å². The van der Waals surface area contributed by atoms with Gasteiger partial charge in [-0.1, -0.05) is 12.1 Å². The molecule has 1 aromatic carbocycles. The summed E-state index contributed by atoms with van der Waals surface area (Å²) < 4.78 is 5.69. The highest BCUT2D eigenvalue weighted by Gasteiger charge is 2.29. The van der Waals surface area contributed by atoms with Gasteiger partial charge in [0.25, 0.3) is 0 Å². The van der Waals surface area contributed by atoms with Crippen molar-refractivity contribution < 1.29 is 14.3 Å². The van der Waals surface area contributed by atoms with Crippen LogP contribution in [-0.2, 0) is 20.9 Å². The van der Waals surface area contributed by atoms with Crippen molar-refractivity contribution in [3.63, 3.8) is 0 Å². The Balaban J connectivity index is 1.46. The number of carbonyl (C=O) groups excluding carboxylic acids is 2. The zero-order valence-corrected chi connectivity index (χ0v) is 15.0. The van der Waals surface area contributed by atoms with E-state index in [4.69, 9.17) is 4.74 Å². The molecule has 2 aliphatic rings. The first-order valence-electron chi connectivity index (χ1n) is 9.04. The van der Waals surface area contributed by atoms with E-state index in [1.54, 1.807) is 0 Å². The minimum Gasteiger partial charge on any atom is -0.373 e. The molecule has 3 rings (SSSR count). The third-order valence-corrected chi connectivity index (χ3v) is 4.49. The van der Waals surface area contributed by atoms with E-state index in [0.717, 1.165) is 37.2 Å². The number of rotatable bonds is 6. The van der Waals surface area contributed by atoms with Crippen molar-refractivity contribution in [2.75, 3.05) is 25.0 Å². The number of morpholine rings is 1. The first kappa shape index (κ1) is 17.9. The van der Waals surface area contributed by atoms with E-state index in [1.165, 1.54) is 0 Å². The molecule has 1 saturated carbocycles. The third kappa shape index (κ3) is 5.54. The van der Waals surface area contributed by atoms with Gasteiger partial charge in [-0.25, -0.2) is 0 Å². The molecule has 6 nitrogen and oxygen atoms in total. The van der Waals surface area contributed by atoms with Gasteiger partial charge >= 0.3 is 0 Å². The molecule has 2 N–H and O–H groups in total. The molecule has 2 fully saturated rings. The van der Waals surface area contributed by atoms with Crippen LogP contribution in [0.4, 0.5) is 5.69 Å². The minimum atomic E-state index is 0.00807. The van der Waals surface area contributed by atoms with Crippen LogP contribution in [0.25, 0.3) is 0 Å². The molecule has 136 valence electrons. The highest BCUT2D eigenvalue weighted by Crippen LogP contribution is 2.30. The van der Waals surface area contributed by atoms with E-state index in [9.17, 15) is 9.59 Å². The molecule has 1 saturated heterocycles. The van der Waals surface area contributed by atoms with E-state index in [1.807, 2.05) is 38.1 Å². The Morgan fingerprint density at radius 3 is 2.60 bits per heavy atom. The van der Waals surface area contributed by atoms with Crippen molar-refractivity contribution in [3.8, 4) is 0 Å². The summed E-state index contributed by atoms with van der Waals surface area (Å²) in [5, 5.41) is 5.89. The Morgan fingerprint density at radius 2 is 1.92 bits per heavy atom. The second-order valence-electron chi connectivity index (χ2n) is 7.19. The average Bonchev–Trinajstić information content (AvgIpc) is 3.37. The molecule has 0 aromatic heterocycles. The lowest BCUT2D eigenvalue weighted by Gasteiger charge is -2.34. The lowest BCUT2D eigenvalue weighted by atomic mass is 10.2. The maximum absolute atomic E-state index is 12.2. The van der Waals surface area contributed by atoms with Gasteiger partial charge in [0.15, 0.2) is 0 Å². The van der Waals surface area contributed by atoms with Gasteiger partial charge in [0, 0.05) is 31.2 Å². The topological polar surface area (TPSA) is 70.7 Å². The number of anilines is 1. The number of carbonyl (C=O) groups is 2. The molecule has 2 amide bonds. The number of nitrogens with zero attached hydrogens (tertiary/aromatic N) is 1. The molecule has 1 aliphatic carbocycles. The fourth-order valence-electron chi connectivity index (χ4n) is 3.22. The van der Waals surface area contributed by atoms with Crippen LogP contribution in [0.1, 0.15) is 32.3 Å². The summed E-state index contributed by atoms with van der Waals surface area (Å²) >= 11 is 0. The summed E-state index contributed by atoms with van der Waals surface area (Å²) in [6, 6.07) is 7.64. The van der Waals surface area contributed by atoms with Gasteiger partial charge in [-0.05, 0) is 44.4 Å². The first-order valence-corrected chi connectivity index (χ1v) is 9.04. The second-order valence-corrected chi connectivity index (χ2v) is 7.19. The highest BCUT2D eigenvalue weighted by molar-refractivity contribution is 5.94. The van der Waals surface area contributed by atoms with Crippen LogP contribution in [0, 0.1) is 5.92 Å². The standard InChI is InChI=1S/C19H27N3O3/c1-13-10-22(11-14(2)25-13)12-18(23)20-9-15-4-3-5-17(8-15)21-19(24)16-6-7-16/h3-5,8,13-14,16H,6-7,9-12H2,1-2H3,(H,20,23)(H,21,24)/t13-,14-/m0/s1. The van der Waals surface area contributed by atoms with Crippen LogP contribution in [-0.4, -0.2) is 48.6 Å². The highest BCUT2D eigenvalue weighted by atomic mass is 16.5. The fourth-order valence-corrected chi connectivity index (χ4v) is 3.22. The number of nitrogens with one attached hydrogen (secondary N) is 2. The molecule has 6 heteroatoms. The normalized spacial score (nSPS) is 23.9. The SMILES string of the molecule is C[C@H]1CN(CC(=O)NCc2cccc(NC(=O)C3CC3)c2)C[C@H](C)O1. The Bertz CT molecular complexity index is 620. The number of hydrogen-bond donors (Lipinski definition) is 2. The summed E-state index contributed by atoms with van der Waals surface area (Å²) in [5.41, 5.74) is 1.77. The van der Waals surface area contributed by atoms with Crippen LogP contribution < -0.4 is 10.6 Å². The Kier molecular flexibility index (Phi) is 5.71. The molecular formula is C19H27N3O3. The summed E-state index contributed by atoms with van der Waals surface area (Å²) in [4.78, 5) is 26.2. The van der Waals surface area contributed by atoms with Gasteiger partial charge < -0.3 is 15.4 Å². The van der Waals surface area contributed by atoms with Crippen LogP contribution in [0.15, 0.2) is 24.3 Å². The summed E-state index contributed by atoms with van der Waals surface area (Å²) in [6.45, 7) is 6.46. The van der Waals surface area contributed by atoms with Gasteiger partial charge in [0.1, 0.15) is 0 Å². The maximum atomic E-state index is 12.2. The van der Waals surface area contributed by atoms with Gasteiger partial charge in [-0.2, -0.15) is 0 Å². The molecule has 0 radical (unpaired) electrons. The van der Waals surface area contributed by atoms with E-state index < -0.39 is 0 Å². The van der Waals surface area contributed by atoms with Gasteiger partial charge in [0.2, 0.25) is 11.8 Å². The summed E-state index contributed by atoms with van der Waals surface area (Å²) in [6.07, 6.45) is 2.28. The Hall–Kier alpha value is -1.92. The van der Waals surface area contributed by atoms with Crippen LogP contribution >= 0.6 is 0 Å². The van der Waals surface area contributed by atoms with E-state index in [2.05, 4.69) is 15.5 Å². The van der Waals surface area contributed by atoms with Crippen molar-refractivity contribution in [1.82, 2.24) is 10.2 Å². The van der Waals surface area contributed by atoms with Gasteiger partial charge in [0.05, 0.1) is 18.8 Å². The minimum absolute atomic E-state index is 0.00807. The zero-order valence-electron chi connectivity index (χ0n) is 15.0. The van der Waals surface area contributed by atoms with Crippen molar-refractivity contribution in [1.29, 1.82) is 0 Å². The predicted octanol–water partition coefficient (Wildman–Crippen LogP) is 1.76. The number of amides is 2.